The summed E-state index contributed by atoms with van der Waals surface area (Å²) in [6.07, 6.45) is 17.7. The molecule has 0 saturated heterocycles. The van der Waals surface area contributed by atoms with E-state index in [1.165, 1.54) is 38.5 Å². The summed E-state index contributed by atoms with van der Waals surface area (Å²) in [5.74, 6) is -0.105. The Hall–Kier alpha value is -0.830. The third-order valence-corrected chi connectivity index (χ3v) is 3.56. The first-order valence-corrected chi connectivity index (χ1v) is 8.76. The summed E-state index contributed by atoms with van der Waals surface area (Å²) in [6.45, 7) is 2.47. The topological polar surface area (TPSA) is 46.5 Å². The van der Waals surface area contributed by atoms with E-state index in [4.69, 9.17) is 9.84 Å². The van der Waals surface area contributed by atoms with E-state index in [2.05, 4.69) is 6.92 Å². The molecule has 0 spiro atoms. The molecule has 21 heavy (non-hydrogen) atoms. The number of esters is 1. The van der Waals surface area contributed by atoms with Crippen LogP contribution in [0, 0.1) is 0 Å². The van der Waals surface area contributed by atoms with E-state index in [1.807, 2.05) is 6.08 Å². The third kappa shape index (κ3) is 17.1. The fraction of sp³-hybridized carbons (Fsp3) is 0.833. The van der Waals surface area contributed by atoms with Gasteiger partial charge in [0, 0.05) is 13.0 Å². The van der Waals surface area contributed by atoms with Gasteiger partial charge in [-0.15, -0.1) is 0 Å². The number of unbranched alkanes of at least 4 members (excludes halogenated alkanes) is 10. The molecule has 0 saturated carbocycles. The molecule has 1 N–H and O–H groups in total. The number of rotatable bonds is 15. The van der Waals surface area contributed by atoms with Gasteiger partial charge in [-0.05, 0) is 31.8 Å². The van der Waals surface area contributed by atoms with Crippen LogP contribution in [0.25, 0.3) is 0 Å². The Bertz CT molecular complexity index is 249. The largest absolute Gasteiger partial charge is 0.435 e. The van der Waals surface area contributed by atoms with Crippen LogP contribution in [0.2, 0.25) is 0 Å². The quantitative estimate of drug-likeness (QED) is 0.259. The number of ether oxygens (including phenoxy) is 1. The van der Waals surface area contributed by atoms with Gasteiger partial charge in [-0.25, -0.2) is 0 Å². The summed E-state index contributed by atoms with van der Waals surface area (Å²) >= 11 is 0. The minimum absolute atomic E-state index is 0.105. The maximum atomic E-state index is 11.4. The number of carbonyl (C=O) groups excluding carboxylic acids is 1. The van der Waals surface area contributed by atoms with Gasteiger partial charge in [0.15, 0.2) is 0 Å². The van der Waals surface area contributed by atoms with Crippen LogP contribution in [-0.4, -0.2) is 17.7 Å². The van der Waals surface area contributed by atoms with E-state index in [1.54, 1.807) is 6.26 Å². The Morgan fingerprint density at radius 2 is 1.48 bits per heavy atom. The Morgan fingerprint density at radius 1 is 0.905 bits per heavy atom. The van der Waals surface area contributed by atoms with Gasteiger partial charge < -0.3 is 9.84 Å². The zero-order valence-electron chi connectivity index (χ0n) is 13.8. The number of hydrogen-bond acceptors (Lipinski definition) is 3. The minimum atomic E-state index is -0.105. The second kappa shape index (κ2) is 17.2. The van der Waals surface area contributed by atoms with Gasteiger partial charge >= 0.3 is 5.97 Å². The molecule has 0 aromatic rings. The normalized spacial score (nSPS) is 11.1. The highest BCUT2D eigenvalue weighted by Gasteiger charge is 2.00. The molecule has 0 rings (SSSR count). The molecule has 0 aromatic heterocycles. The standard InChI is InChI=1S/C18H34O3/c1-2-3-4-14-17-21-18(20)15-12-10-8-6-5-7-9-11-13-16-19/h14,17,19H,2-13,15-16H2,1H3/b17-14-. The molecule has 0 fully saturated rings. The summed E-state index contributed by atoms with van der Waals surface area (Å²) in [6, 6.07) is 0. The van der Waals surface area contributed by atoms with Gasteiger partial charge in [-0.2, -0.15) is 0 Å². The molecular weight excluding hydrogens is 264 g/mol. The van der Waals surface area contributed by atoms with Crippen molar-refractivity contribution in [1.29, 1.82) is 0 Å². The fourth-order valence-corrected chi connectivity index (χ4v) is 2.19. The van der Waals surface area contributed by atoms with Crippen LogP contribution in [-0.2, 0) is 9.53 Å². The van der Waals surface area contributed by atoms with Crippen LogP contribution in [0.15, 0.2) is 12.3 Å². The first-order chi connectivity index (χ1) is 10.3. The number of hydrogen-bond donors (Lipinski definition) is 1. The molecule has 0 amide bonds. The highest BCUT2D eigenvalue weighted by molar-refractivity contribution is 5.69. The van der Waals surface area contributed by atoms with E-state index in [9.17, 15) is 4.79 Å². The molecule has 0 heterocycles. The van der Waals surface area contributed by atoms with E-state index >= 15 is 0 Å². The number of aliphatic hydroxyl groups excluding tert-OH is 1. The van der Waals surface area contributed by atoms with Crippen LogP contribution in [0.3, 0.4) is 0 Å². The molecule has 0 atom stereocenters. The van der Waals surface area contributed by atoms with Crippen molar-refractivity contribution in [2.24, 2.45) is 0 Å². The summed E-state index contributed by atoms with van der Waals surface area (Å²) in [4.78, 5) is 11.4. The molecule has 0 unspecified atom stereocenters. The average Bonchev–Trinajstić information content (AvgIpc) is 2.49. The fourth-order valence-electron chi connectivity index (χ4n) is 2.19. The highest BCUT2D eigenvalue weighted by Crippen LogP contribution is 2.10. The average molecular weight is 298 g/mol. The zero-order valence-corrected chi connectivity index (χ0v) is 13.8. The smallest absolute Gasteiger partial charge is 0.310 e. The maximum Gasteiger partial charge on any atom is 0.310 e. The summed E-state index contributed by atoms with van der Waals surface area (Å²) in [5, 5.41) is 8.66. The lowest BCUT2D eigenvalue weighted by Crippen LogP contribution is -1.98. The second-order valence-electron chi connectivity index (χ2n) is 5.66. The summed E-state index contributed by atoms with van der Waals surface area (Å²) in [7, 11) is 0. The van der Waals surface area contributed by atoms with E-state index in [-0.39, 0.29) is 5.97 Å². The Morgan fingerprint density at radius 3 is 2.05 bits per heavy atom. The molecule has 0 aliphatic heterocycles. The molecule has 3 nitrogen and oxygen atoms in total. The molecule has 0 aliphatic rings. The van der Waals surface area contributed by atoms with Crippen molar-refractivity contribution in [2.45, 2.75) is 90.4 Å². The molecule has 0 aliphatic carbocycles. The van der Waals surface area contributed by atoms with Gasteiger partial charge in [0.2, 0.25) is 0 Å². The highest BCUT2D eigenvalue weighted by atomic mass is 16.5. The van der Waals surface area contributed by atoms with Crippen molar-refractivity contribution < 1.29 is 14.6 Å². The molecule has 0 radical (unpaired) electrons. The van der Waals surface area contributed by atoms with Gasteiger partial charge in [0.1, 0.15) is 0 Å². The van der Waals surface area contributed by atoms with Crippen LogP contribution < -0.4 is 0 Å². The van der Waals surface area contributed by atoms with Crippen molar-refractivity contribution >= 4 is 5.97 Å². The third-order valence-electron chi connectivity index (χ3n) is 3.56. The molecule has 124 valence electrons. The number of carbonyl (C=O) groups is 1. The van der Waals surface area contributed by atoms with Crippen molar-refractivity contribution in [2.75, 3.05) is 6.61 Å². The second-order valence-corrected chi connectivity index (χ2v) is 5.66. The molecule has 0 aromatic carbocycles. The first-order valence-electron chi connectivity index (χ1n) is 8.76. The molecular formula is C18H34O3. The van der Waals surface area contributed by atoms with Gasteiger partial charge in [-0.1, -0.05) is 58.3 Å². The van der Waals surface area contributed by atoms with Crippen LogP contribution in [0.4, 0.5) is 0 Å². The van der Waals surface area contributed by atoms with Crippen molar-refractivity contribution in [1.82, 2.24) is 0 Å². The van der Waals surface area contributed by atoms with Crippen LogP contribution in [0.1, 0.15) is 90.4 Å². The predicted octanol–water partition coefficient (Wildman–Crippen LogP) is 5.13. The monoisotopic (exact) mass is 298 g/mol. The van der Waals surface area contributed by atoms with Gasteiger partial charge in [0.25, 0.3) is 0 Å². The summed E-state index contributed by atoms with van der Waals surface area (Å²) in [5.41, 5.74) is 0. The summed E-state index contributed by atoms with van der Waals surface area (Å²) < 4.78 is 5.03. The first kappa shape index (κ1) is 20.2. The lowest BCUT2D eigenvalue weighted by molar-refractivity contribution is -0.138. The van der Waals surface area contributed by atoms with Crippen molar-refractivity contribution in [3.8, 4) is 0 Å². The van der Waals surface area contributed by atoms with Gasteiger partial charge in [0.05, 0.1) is 6.26 Å². The SMILES string of the molecule is CCCC/C=C\OC(=O)CCCCCCCCCCCO. The lowest BCUT2D eigenvalue weighted by atomic mass is 10.1. The van der Waals surface area contributed by atoms with Gasteiger partial charge in [-0.3, -0.25) is 4.79 Å². The van der Waals surface area contributed by atoms with Crippen LogP contribution in [0.5, 0.6) is 0 Å². The lowest BCUT2D eigenvalue weighted by Gasteiger charge is -2.02. The van der Waals surface area contributed by atoms with E-state index in [0.717, 1.165) is 38.5 Å². The van der Waals surface area contributed by atoms with Crippen molar-refractivity contribution in [3.63, 3.8) is 0 Å². The molecule has 0 bridgehead atoms. The maximum absolute atomic E-state index is 11.4. The zero-order chi connectivity index (χ0) is 15.6. The van der Waals surface area contributed by atoms with Crippen LogP contribution >= 0.6 is 0 Å². The Balaban J connectivity index is 3.19. The number of allylic oxidation sites excluding steroid dienone is 1. The van der Waals surface area contributed by atoms with Crippen molar-refractivity contribution in [3.05, 3.63) is 12.3 Å². The van der Waals surface area contributed by atoms with E-state index in [0.29, 0.717) is 13.0 Å². The Kier molecular flexibility index (Phi) is 16.5. The number of aliphatic hydroxyl groups is 1. The molecule has 3 heteroatoms. The Labute approximate surface area is 130 Å². The van der Waals surface area contributed by atoms with E-state index < -0.39 is 0 Å². The minimum Gasteiger partial charge on any atom is -0.435 e. The predicted molar refractivity (Wildman–Crippen MR) is 88.0 cm³/mol.